The van der Waals surface area contributed by atoms with Gasteiger partial charge in [0.2, 0.25) is 0 Å². The van der Waals surface area contributed by atoms with Crippen LogP contribution in [0.5, 0.6) is 0 Å². The molecule has 11 heteroatoms. The van der Waals surface area contributed by atoms with E-state index in [1.54, 1.807) is 28.4 Å². The van der Waals surface area contributed by atoms with Crippen molar-refractivity contribution in [3.63, 3.8) is 0 Å². The zero-order valence-electron chi connectivity index (χ0n) is 18.7. The van der Waals surface area contributed by atoms with Crippen LogP contribution < -0.4 is 0 Å². The van der Waals surface area contributed by atoms with Crippen LogP contribution in [0.3, 0.4) is 0 Å². The van der Waals surface area contributed by atoms with Crippen LogP contribution in [0.2, 0.25) is 0 Å². The first-order valence-electron chi connectivity index (χ1n) is 9.77. The Morgan fingerprint density at radius 2 is 1.03 bits per heavy atom. The summed E-state index contributed by atoms with van der Waals surface area (Å²) in [6, 6.07) is 0. The van der Waals surface area contributed by atoms with Gasteiger partial charge in [0.05, 0.1) is 13.2 Å². The van der Waals surface area contributed by atoms with Crippen molar-refractivity contribution in [3.05, 3.63) is 0 Å². The molecule has 2 saturated heterocycles. The maximum atomic E-state index is 10.3. The van der Waals surface area contributed by atoms with Crippen LogP contribution >= 0.6 is 0 Å². The van der Waals surface area contributed by atoms with Gasteiger partial charge in [0.25, 0.3) is 0 Å². The Morgan fingerprint density at radius 3 is 1.50 bits per heavy atom. The fourth-order valence-electron chi connectivity index (χ4n) is 4.12. The van der Waals surface area contributed by atoms with Crippen molar-refractivity contribution in [1.82, 2.24) is 0 Å². The molecule has 0 aromatic heterocycles. The van der Waals surface area contributed by atoms with Crippen molar-refractivity contribution in [1.29, 1.82) is 0 Å². The molecule has 0 aromatic rings. The van der Waals surface area contributed by atoms with Gasteiger partial charge in [-0.3, -0.25) is 0 Å². The SMILES string of the molecule is COC[C@@H]1O[C@H](O)[C@H](OC)[C@H](OC)[C@@H]1O[C@@H]1O[C@@H](COC)[C@@H](OC)[C@@H](OC)[C@H]1OC. The van der Waals surface area contributed by atoms with Crippen LogP contribution in [-0.2, 0) is 47.4 Å². The Balaban J connectivity index is 2.31. The van der Waals surface area contributed by atoms with Crippen molar-refractivity contribution < 1.29 is 52.5 Å². The van der Waals surface area contributed by atoms with Gasteiger partial charge in [0.1, 0.15) is 48.8 Å². The third-order valence-corrected chi connectivity index (χ3v) is 5.51. The fourth-order valence-corrected chi connectivity index (χ4v) is 4.12. The zero-order valence-corrected chi connectivity index (χ0v) is 18.7. The van der Waals surface area contributed by atoms with E-state index in [0.717, 1.165) is 0 Å². The van der Waals surface area contributed by atoms with Gasteiger partial charge in [-0.25, -0.2) is 0 Å². The van der Waals surface area contributed by atoms with Crippen LogP contribution in [0, 0.1) is 0 Å². The monoisotopic (exact) mass is 440 g/mol. The molecule has 2 fully saturated rings. The van der Waals surface area contributed by atoms with Gasteiger partial charge in [-0.1, -0.05) is 0 Å². The third kappa shape index (κ3) is 5.48. The first-order valence-corrected chi connectivity index (χ1v) is 9.77. The summed E-state index contributed by atoms with van der Waals surface area (Å²) in [7, 11) is 10.8. The van der Waals surface area contributed by atoms with E-state index in [1.165, 1.54) is 21.3 Å². The maximum Gasteiger partial charge on any atom is 0.187 e. The molecule has 0 saturated carbocycles. The fraction of sp³-hybridized carbons (Fsp3) is 1.00. The summed E-state index contributed by atoms with van der Waals surface area (Å²) in [6.45, 7) is 0.433. The lowest BCUT2D eigenvalue weighted by atomic mass is 9.96. The van der Waals surface area contributed by atoms with E-state index in [-0.39, 0.29) is 13.2 Å². The molecule has 10 atom stereocenters. The van der Waals surface area contributed by atoms with Crippen LogP contribution in [0.25, 0.3) is 0 Å². The number of hydrogen-bond donors (Lipinski definition) is 1. The summed E-state index contributed by atoms with van der Waals surface area (Å²) >= 11 is 0. The van der Waals surface area contributed by atoms with E-state index < -0.39 is 61.4 Å². The second-order valence-corrected chi connectivity index (χ2v) is 7.12. The average Bonchev–Trinajstić information content (AvgIpc) is 2.74. The quantitative estimate of drug-likeness (QED) is 0.435. The van der Waals surface area contributed by atoms with Crippen molar-refractivity contribution in [2.24, 2.45) is 0 Å². The molecule has 178 valence electrons. The standard InChI is InChI=1S/C19H36O11/c1-21-8-10-12(23-3)14(24-4)17(27-7)19(29-10)30-13-11(9-22-2)28-18(20)16(26-6)15(13)25-5/h10-20H,8-9H2,1-7H3/t10-,11-,12+,13+,14+,15+,16+,17+,18-,19-/m0/s1. The van der Waals surface area contributed by atoms with Crippen LogP contribution in [-0.4, -0.2) is 130 Å². The van der Waals surface area contributed by atoms with Crippen molar-refractivity contribution in [2.75, 3.05) is 63.0 Å². The lowest BCUT2D eigenvalue weighted by Crippen LogP contribution is -2.65. The van der Waals surface area contributed by atoms with Crippen LogP contribution in [0.15, 0.2) is 0 Å². The number of ether oxygens (including phenoxy) is 10. The summed E-state index contributed by atoms with van der Waals surface area (Å²) in [4.78, 5) is 0. The minimum Gasteiger partial charge on any atom is -0.382 e. The minimum atomic E-state index is -1.20. The van der Waals surface area contributed by atoms with Gasteiger partial charge in [-0.15, -0.1) is 0 Å². The molecule has 0 amide bonds. The predicted molar refractivity (Wildman–Crippen MR) is 102 cm³/mol. The van der Waals surface area contributed by atoms with Crippen molar-refractivity contribution >= 4 is 0 Å². The lowest BCUT2D eigenvalue weighted by Gasteiger charge is -2.48. The van der Waals surface area contributed by atoms with Gasteiger partial charge in [0.15, 0.2) is 12.6 Å². The Bertz CT molecular complexity index is 481. The Hall–Kier alpha value is -0.440. The Labute approximate surface area is 177 Å². The summed E-state index contributed by atoms with van der Waals surface area (Å²) in [5.74, 6) is 0. The molecular formula is C19H36O11. The van der Waals surface area contributed by atoms with Crippen molar-refractivity contribution in [2.45, 2.75) is 61.4 Å². The second kappa shape index (κ2) is 12.6. The van der Waals surface area contributed by atoms with Gasteiger partial charge < -0.3 is 52.5 Å². The van der Waals surface area contributed by atoms with E-state index in [2.05, 4.69) is 0 Å². The van der Waals surface area contributed by atoms with Gasteiger partial charge in [0, 0.05) is 49.8 Å². The van der Waals surface area contributed by atoms with Gasteiger partial charge in [-0.05, 0) is 0 Å². The van der Waals surface area contributed by atoms with Crippen LogP contribution in [0.1, 0.15) is 0 Å². The van der Waals surface area contributed by atoms with Crippen LogP contribution in [0.4, 0.5) is 0 Å². The molecule has 2 aliphatic heterocycles. The molecule has 0 bridgehead atoms. The zero-order chi connectivity index (χ0) is 22.3. The molecule has 2 aliphatic rings. The average molecular weight is 440 g/mol. The van der Waals surface area contributed by atoms with E-state index in [9.17, 15) is 5.11 Å². The highest BCUT2D eigenvalue weighted by atomic mass is 16.7. The largest absolute Gasteiger partial charge is 0.382 e. The summed E-state index contributed by atoms with van der Waals surface area (Å²) in [5, 5.41) is 10.3. The topological polar surface area (TPSA) is 113 Å². The Morgan fingerprint density at radius 1 is 0.567 bits per heavy atom. The number of methoxy groups -OCH3 is 7. The maximum absolute atomic E-state index is 10.3. The molecule has 2 rings (SSSR count). The highest BCUT2D eigenvalue weighted by Gasteiger charge is 2.52. The number of rotatable bonds is 11. The minimum absolute atomic E-state index is 0.165. The number of hydrogen-bond acceptors (Lipinski definition) is 11. The molecule has 30 heavy (non-hydrogen) atoms. The van der Waals surface area contributed by atoms with E-state index in [0.29, 0.717) is 0 Å². The lowest BCUT2D eigenvalue weighted by molar-refractivity contribution is -0.363. The number of aliphatic hydroxyl groups is 1. The highest BCUT2D eigenvalue weighted by Crippen LogP contribution is 2.33. The smallest absolute Gasteiger partial charge is 0.187 e. The number of aliphatic hydroxyl groups excluding tert-OH is 1. The molecule has 0 spiro atoms. The summed E-state index contributed by atoms with van der Waals surface area (Å²) in [6.07, 6.45) is -6.77. The molecular weight excluding hydrogens is 404 g/mol. The van der Waals surface area contributed by atoms with Crippen molar-refractivity contribution in [3.8, 4) is 0 Å². The highest BCUT2D eigenvalue weighted by molar-refractivity contribution is 4.96. The normalized spacial score (nSPS) is 42.4. The van der Waals surface area contributed by atoms with Gasteiger partial charge in [-0.2, -0.15) is 0 Å². The molecule has 2 heterocycles. The first kappa shape index (κ1) is 25.8. The van der Waals surface area contributed by atoms with E-state index in [1.807, 2.05) is 0 Å². The molecule has 0 aliphatic carbocycles. The summed E-state index contributed by atoms with van der Waals surface area (Å²) < 4.78 is 56.6. The molecule has 11 nitrogen and oxygen atoms in total. The Kier molecular flexibility index (Phi) is 10.8. The molecule has 0 aromatic carbocycles. The summed E-state index contributed by atoms with van der Waals surface area (Å²) in [5.41, 5.74) is 0. The molecule has 0 unspecified atom stereocenters. The molecule has 1 N–H and O–H groups in total. The third-order valence-electron chi connectivity index (χ3n) is 5.51. The first-order chi connectivity index (χ1) is 14.5. The predicted octanol–water partition coefficient (Wildman–Crippen LogP) is -0.818. The van der Waals surface area contributed by atoms with Gasteiger partial charge >= 0.3 is 0 Å². The van der Waals surface area contributed by atoms with E-state index in [4.69, 9.17) is 47.4 Å². The molecule has 0 radical (unpaired) electrons. The van der Waals surface area contributed by atoms with E-state index >= 15 is 0 Å². The second-order valence-electron chi connectivity index (χ2n) is 7.12.